The van der Waals surface area contributed by atoms with Gasteiger partial charge in [0.25, 0.3) is 10.0 Å². The largest absolute Gasteiger partial charge is 0.275 e. The molecule has 0 saturated heterocycles. The predicted molar refractivity (Wildman–Crippen MR) is 85.8 cm³/mol. The van der Waals surface area contributed by atoms with Crippen molar-refractivity contribution in [3.05, 3.63) is 58.3 Å². The van der Waals surface area contributed by atoms with E-state index in [1.807, 2.05) is 0 Å². The summed E-state index contributed by atoms with van der Waals surface area (Å²) < 4.78 is 40.8. The fraction of sp³-hybridized carbons (Fsp3) is 0.143. The van der Waals surface area contributed by atoms with Crippen LogP contribution in [0.1, 0.15) is 5.56 Å². The number of alkyl halides is 1. The van der Waals surface area contributed by atoms with Crippen LogP contribution in [0.25, 0.3) is 0 Å². The van der Waals surface area contributed by atoms with Gasteiger partial charge in [-0.05, 0) is 52.2 Å². The Morgan fingerprint density at radius 2 is 1.81 bits per heavy atom. The van der Waals surface area contributed by atoms with Gasteiger partial charge < -0.3 is 0 Å². The smallest absolute Gasteiger partial charge is 0.262 e. The lowest BCUT2D eigenvalue weighted by Crippen LogP contribution is -2.14. The van der Waals surface area contributed by atoms with Crippen molar-refractivity contribution in [3.63, 3.8) is 0 Å². The minimum atomic E-state index is -3.84. The van der Waals surface area contributed by atoms with E-state index in [2.05, 4.69) is 20.7 Å². The van der Waals surface area contributed by atoms with E-state index in [-0.39, 0.29) is 10.6 Å². The standard InChI is InChI=1S/C14H12BrClFNO2S/c15-12-2-1-3-13(17)14(12)18-21(19,20)11-6-4-10(5-7-11)8-9-16/h1-7,18H,8-9H2. The number of rotatable bonds is 5. The van der Waals surface area contributed by atoms with Crippen LogP contribution in [0.2, 0.25) is 0 Å². The minimum absolute atomic E-state index is 0.0657. The van der Waals surface area contributed by atoms with Crippen LogP contribution < -0.4 is 4.72 Å². The van der Waals surface area contributed by atoms with Crippen LogP contribution in [-0.2, 0) is 16.4 Å². The monoisotopic (exact) mass is 391 g/mol. The molecule has 112 valence electrons. The lowest BCUT2D eigenvalue weighted by Gasteiger charge is -2.11. The highest BCUT2D eigenvalue weighted by atomic mass is 79.9. The van der Waals surface area contributed by atoms with Crippen LogP contribution in [0, 0.1) is 5.82 Å². The summed E-state index contributed by atoms with van der Waals surface area (Å²) in [6.07, 6.45) is 0.661. The second-order valence-electron chi connectivity index (χ2n) is 4.29. The Morgan fingerprint density at radius 1 is 1.14 bits per heavy atom. The summed E-state index contributed by atoms with van der Waals surface area (Å²) in [7, 11) is -3.84. The van der Waals surface area contributed by atoms with Crippen LogP contribution >= 0.6 is 27.5 Å². The van der Waals surface area contributed by atoms with E-state index in [0.717, 1.165) is 5.56 Å². The van der Waals surface area contributed by atoms with Gasteiger partial charge in [-0.25, -0.2) is 12.8 Å². The first-order valence-electron chi connectivity index (χ1n) is 6.06. The number of nitrogens with one attached hydrogen (secondary N) is 1. The number of anilines is 1. The Hall–Kier alpha value is -1.11. The molecule has 2 aromatic rings. The molecule has 0 bridgehead atoms. The predicted octanol–water partition coefficient (Wildman–Crippen LogP) is 4.17. The lowest BCUT2D eigenvalue weighted by atomic mass is 10.2. The molecule has 0 aromatic heterocycles. The molecule has 7 heteroatoms. The van der Waals surface area contributed by atoms with Gasteiger partial charge in [-0.15, -0.1) is 11.6 Å². The van der Waals surface area contributed by atoms with Crippen molar-refractivity contribution in [2.24, 2.45) is 0 Å². The van der Waals surface area contributed by atoms with E-state index in [1.165, 1.54) is 24.3 Å². The minimum Gasteiger partial charge on any atom is -0.275 e. The molecule has 0 aliphatic carbocycles. The van der Waals surface area contributed by atoms with Gasteiger partial charge in [-0.2, -0.15) is 0 Å². The SMILES string of the molecule is O=S(=O)(Nc1c(F)cccc1Br)c1ccc(CCCl)cc1. The number of hydrogen-bond donors (Lipinski definition) is 1. The van der Waals surface area contributed by atoms with E-state index >= 15 is 0 Å². The molecule has 0 fully saturated rings. The summed E-state index contributed by atoms with van der Waals surface area (Å²) in [6.45, 7) is 0. The quantitative estimate of drug-likeness (QED) is 0.776. The number of para-hydroxylation sites is 1. The van der Waals surface area contributed by atoms with Gasteiger partial charge in [-0.1, -0.05) is 18.2 Å². The van der Waals surface area contributed by atoms with E-state index < -0.39 is 15.8 Å². The molecule has 3 nitrogen and oxygen atoms in total. The molecule has 0 aliphatic heterocycles. The summed E-state index contributed by atoms with van der Waals surface area (Å²) in [5.74, 6) is -0.182. The molecule has 0 amide bonds. The molecule has 0 heterocycles. The summed E-state index contributed by atoms with van der Waals surface area (Å²) >= 11 is 8.75. The van der Waals surface area contributed by atoms with Crippen molar-refractivity contribution < 1.29 is 12.8 Å². The van der Waals surface area contributed by atoms with Gasteiger partial charge in [0, 0.05) is 10.4 Å². The zero-order valence-corrected chi connectivity index (χ0v) is 14.0. The van der Waals surface area contributed by atoms with Gasteiger partial charge in [-0.3, -0.25) is 4.72 Å². The van der Waals surface area contributed by atoms with Crippen molar-refractivity contribution in [2.75, 3.05) is 10.6 Å². The zero-order valence-electron chi connectivity index (χ0n) is 10.8. The summed E-state index contributed by atoms with van der Waals surface area (Å²) in [4.78, 5) is 0.0657. The Bertz CT molecular complexity index is 715. The van der Waals surface area contributed by atoms with Gasteiger partial charge in [0.05, 0.1) is 10.6 Å². The van der Waals surface area contributed by atoms with Gasteiger partial charge in [0.2, 0.25) is 0 Å². The highest BCUT2D eigenvalue weighted by Crippen LogP contribution is 2.27. The van der Waals surface area contributed by atoms with E-state index in [4.69, 9.17) is 11.6 Å². The first-order chi connectivity index (χ1) is 9.94. The fourth-order valence-electron chi connectivity index (χ4n) is 1.73. The third-order valence-corrected chi connectivity index (χ3v) is 5.03. The first-order valence-corrected chi connectivity index (χ1v) is 8.87. The van der Waals surface area contributed by atoms with Gasteiger partial charge in [0.1, 0.15) is 5.82 Å². The summed E-state index contributed by atoms with van der Waals surface area (Å²) in [5, 5.41) is 0. The average Bonchev–Trinajstić information content (AvgIpc) is 2.44. The second-order valence-corrected chi connectivity index (χ2v) is 7.20. The van der Waals surface area contributed by atoms with Crippen molar-refractivity contribution >= 4 is 43.2 Å². The van der Waals surface area contributed by atoms with Crippen molar-refractivity contribution in [2.45, 2.75) is 11.3 Å². The normalized spacial score (nSPS) is 11.4. The first kappa shape index (κ1) is 16.3. The van der Waals surface area contributed by atoms with E-state index in [0.29, 0.717) is 16.8 Å². The maximum atomic E-state index is 13.7. The third kappa shape index (κ3) is 3.96. The Morgan fingerprint density at radius 3 is 2.38 bits per heavy atom. The molecule has 2 rings (SSSR count). The van der Waals surface area contributed by atoms with Gasteiger partial charge in [0.15, 0.2) is 0 Å². The molecule has 21 heavy (non-hydrogen) atoms. The topological polar surface area (TPSA) is 46.2 Å². The molecule has 0 saturated carbocycles. The molecular weight excluding hydrogens is 381 g/mol. The third-order valence-electron chi connectivity index (χ3n) is 2.82. The Kier molecular flexibility index (Phi) is 5.24. The van der Waals surface area contributed by atoms with E-state index in [1.54, 1.807) is 18.2 Å². The number of hydrogen-bond acceptors (Lipinski definition) is 2. The molecule has 0 atom stereocenters. The van der Waals surface area contributed by atoms with Crippen molar-refractivity contribution in [1.29, 1.82) is 0 Å². The highest BCUT2D eigenvalue weighted by molar-refractivity contribution is 9.10. The van der Waals surface area contributed by atoms with Crippen LogP contribution in [0.5, 0.6) is 0 Å². The van der Waals surface area contributed by atoms with Gasteiger partial charge >= 0.3 is 0 Å². The zero-order chi connectivity index (χ0) is 15.5. The van der Waals surface area contributed by atoms with Crippen LogP contribution in [-0.4, -0.2) is 14.3 Å². The molecule has 0 radical (unpaired) electrons. The summed E-state index contributed by atoms with van der Waals surface area (Å²) in [6, 6.07) is 10.5. The number of benzene rings is 2. The van der Waals surface area contributed by atoms with Crippen molar-refractivity contribution in [3.8, 4) is 0 Å². The molecule has 1 N–H and O–H groups in total. The molecule has 0 spiro atoms. The van der Waals surface area contributed by atoms with Crippen molar-refractivity contribution in [1.82, 2.24) is 0 Å². The van der Waals surface area contributed by atoms with Crippen LogP contribution in [0.4, 0.5) is 10.1 Å². The lowest BCUT2D eigenvalue weighted by molar-refractivity contribution is 0.598. The second kappa shape index (κ2) is 6.77. The highest BCUT2D eigenvalue weighted by Gasteiger charge is 2.18. The number of aryl methyl sites for hydroxylation is 1. The Labute approximate surface area is 136 Å². The molecular formula is C14H12BrClFNO2S. The number of halogens is 3. The fourth-order valence-corrected chi connectivity index (χ4v) is 3.61. The average molecular weight is 393 g/mol. The maximum absolute atomic E-state index is 13.7. The molecule has 2 aromatic carbocycles. The summed E-state index contributed by atoms with van der Waals surface area (Å²) in [5.41, 5.74) is 0.832. The maximum Gasteiger partial charge on any atom is 0.262 e. The van der Waals surface area contributed by atoms with Crippen LogP contribution in [0.15, 0.2) is 51.8 Å². The number of sulfonamides is 1. The molecule has 0 unspecified atom stereocenters. The van der Waals surface area contributed by atoms with Crippen LogP contribution in [0.3, 0.4) is 0 Å². The van der Waals surface area contributed by atoms with E-state index in [9.17, 15) is 12.8 Å². The molecule has 0 aliphatic rings. The Balaban J connectivity index is 2.30.